The van der Waals surface area contributed by atoms with Crippen molar-refractivity contribution in [1.82, 2.24) is 10.2 Å². The number of aryl methyl sites for hydroxylation is 1. The predicted molar refractivity (Wildman–Crippen MR) is 133 cm³/mol. The van der Waals surface area contributed by atoms with Crippen LogP contribution in [0.5, 0.6) is 0 Å². The monoisotopic (exact) mass is 456 g/mol. The van der Waals surface area contributed by atoms with Crippen LogP contribution in [0.15, 0.2) is 48.5 Å². The van der Waals surface area contributed by atoms with Gasteiger partial charge in [0.05, 0.1) is 0 Å². The first-order valence-electron chi connectivity index (χ1n) is 11.4. The van der Waals surface area contributed by atoms with E-state index in [2.05, 4.69) is 50.4 Å². The molecule has 2 aromatic rings. The Morgan fingerprint density at radius 3 is 2.03 bits per heavy atom. The molecular formula is C27H37ClN2O2. The van der Waals surface area contributed by atoms with Crippen LogP contribution in [0.1, 0.15) is 64.7 Å². The largest absolute Gasteiger partial charge is 0.354 e. The molecule has 174 valence electrons. The van der Waals surface area contributed by atoms with Gasteiger partial charge >= 0.3 is 0 Å². The van der Waals surface area contributed by atoms with Crippen LogP contribution in [-0.4, -0.2) is 29.3 Å². The third-order valence-electron chi connectivity index (χ3n) is 5.57. The van der Waals surface area contributed by atoms with Crippen LogP contribution in [0.3, 0.4) is 0 Å². The molecule has 1 atom stereocenters. The zero-order valence-corrected chi connectivity index (χ0v) is 21.0. The molecule has 0 aromatic heterocycles. The molecule has 0 aliphatic carbocycles. The summed E-state index contributed by atoms with van der Waals surface area (Å²) in [6.07, 6.45) is 0.991. The third kappa shape index (κ3) is 7.98. The Labute approximate surface area is 198 Å². The maximum absolute atomic E-state index is 13.2. The first-order chi connectivity index (χ1) is 15.0. The van der Waals surface area contributed by atoms with Gasteiger partial charge in [-0.25, -0.2) is 0 Å². The topological polar surface area (TPSA) is 49.4 Å². The Hall–Kier alpha value is -2.33. The number of rotatable bonds is 9. The van der Waals surface area contributed by atoms with Crippen LogP contribution >= 0.6 is 11.6 Å². The SMILES string of the molecule is CC(C)CNC(=O)[C@H](C)N(Cc1ccc(Cl)cc1)C(=O)CCc1ccc(C(C)(C)C)cc1. The van der Waals surface area contributed by atoms with Crippen molar-refractivity contribution in [3.63, 3.8) is 0 Å². The van der Waals surface area contributed by atoms with Crippen molar-refractivity contribution in [2.24, 2.45) is 5.92 Å². The Kier molecular flexibility index (Phi) is 9.33. The van der Waals surface area contributed by atoms with E-state index in [0.29, 0.717) is 36.9 Å². The summed E-state index contributed by atoms with van der Waals surface area (Å²) in [6, 6.07) is 15.3. The van der Waals surface area contributed by atoms with Crippen molar-refractivity contribution < 1.29 is 9.59 Å². The fraction of sp³-hybridized carbons (Fsp3) is 0.481. The van der Waals surface area contributed by atoms with E-state index in [1.165, 1.54) is 5.56 Å². The Morgan fingerprint density at radius 2 is 1.50 bits per heavy atom. The zero-order valence-electron chi connectivity index (χ0n) is 20.2. The first kappa shape index (κ1) is 25.9. The molecule has 0 saturated heterocycles. The average Bonchev–Trinajstić information content (AvgIpc) is 2.74. The third-order valence-corrected chi connectivity index (χ3v) is 5.82. The van der Waals surface area contributed by atoms with Crippen molar-refractivity contribution in [2.45, 2.75) is 72.4 Å². The smallest absolute Gasteiger partial charge is 0.242 e. The van der Waals surface area contributed by atoms with Gasteiger partial charge in [-0.15, -0.1) is 0 Å². The van der Waals surface area contributed by atoms with Gasteiger partial charge in [0.15, 0.2) is 0 Å². The fourth-order valence-electron chi connectivity index (χ4n) is 3.39. The lowest BCUT2D eigenvalue weighted by Crippen LogP contribution is -2.48. The van der Waals surface area contributed by atoms with Gasteiger partial charge in [-0.2, -0.15) is 0 Å². The molecule has 0 fully saturated rings. The molecule has 2 rings (SSSR count). The molecule has 4 nitrogen and oxygen atoms in total. The number of amides is 2. The van der Waals surface area contributed by atoms with E-state index in [9.17, 15) is 9.59 Å². The van der Waals surface area contributed by atoms with Crippen molar-refractivity contribution in [1.29, 1.82) is 0 Å². The Morgan fingerprint density at radius 1 is 0.938 bits per heavy atom. The van der Waals surface area contributed by atoms with Gasteiger partial charge in [0.2, 0.25) is 11.8 Å². The minimum atomic E-state index is -0.555. The molecular weight excluding hydrogens is 420 g/mol. The molecule has 0 bridgehead atoms. The Bertz CT molecular complexity index is 883. The van der Waals surface area contributed by atoms with Gasteiger partial charge in [0, 0.05) is 24.5 Å². The summed E-state index contributed by atoms with van der Waals surface area (Å²) in [6.45, 7) is 13.4. The summed E-state index contributed by atoms with van der Waals surface area (Å²) in [7, 11) is 0. The molecule has 1 N–H and O–H groups in total. The molecule has 0 radical (unpaired) electrons. The van der Waals surface area contributed by atoms with E-state index in [1.54, 1.807) is 24.0 Å². The van der Waals surface area contributed by atoms with Crippen LogP contribution in [0.25, 0.3) is 0 Å². The summed E-state index contributed by atoms with van der Waals surface area (Å²) in [5, 5.41) is 3.60. The van der Waals surface area contributed by atoms with Gasteiger partial charge in [-0.3, -0.25) is 9.59 Å². The van der Waals surface area contributed by atoms with Gasteiger partial charge in [-0.05, 0) is 53.5 Å². The van der Waals surface area contributed by atoms with Gasteiger partial charge in [-0.1, -0.05) is 82.6 Å². The number of nitrogens with one attached hydrogen (secondary N) is 1. The van der Waals surface area contributed by atoms with Crippen LogP contribution in [0.2, 0.25) is 5.02 Å². The van der Waals surface area contributed by atoms with E-state index < -0.39 is 6.04 Å². The highest BCUT2D eigenvalue weighted by Crippen LogP contribution is 2.23. The quantitative estimate of drug-likeness (QED) is 0.521. The highest BCUT2D eigenvalue weighted by Gasteiger charge is 2.26. The first-order valence-corrected chi connectivity index (χ1v) is 11.8. The molecule has 5 heteroatoms. The lowest BCUT2D eigenvalue weighted by Gasteiger charge is -2.29. The molecule has 0 unspecified atom stereocenters. The molecule has 2 aromatic carbocycles. The minimum absolute atomic E-state index is 0.0351. The molecule has 0 spiro atoms. The van der Waals surface area contributed by atoms with Gasteiger partial charge < -0.3 is 10.2 Å². The van der Waals surface area contributed by atoms with Crippen molar-refractivity contribution in [3.8, 4) is 0 Å². The second-order valence-electron chi connectivity index (χ2n) is 9.91. The van der Waals surface area contributed by atoms with Crippen LogP contribution in [0.4, 0.5) is 0 Å². The summed E-state index contributed by atoms with van der Waals surface area (Å²) < 4.78 is 0. The van der Waals surface area contributed by atoms with Crippen LogP contribution < -0.4 is 5.32 Å². The van der Waals surface area contributed by atoms with E-state index in [4.69, 9.17) is 11.6 Å². The predicted octanol–water partition coefficient (Wildman–Crippen LogP) is 5.76. The summed E-state index contributed by atoms with van der Waals surface area (Å²) in [4.78, 5) is 27.6. The number of halogens is 1. The van der Waals surface area contributed by atoms with Gasteiger partial charge in [0.1, 0.15) is 6.04 Å². The highest BCUT2D eigenvalue weighted by molar-refractivity contribution is 6.30. The number of carbonyl (C=O) groups is 2. The summed E-state index contributed by atoms with van der Waals surface area (Å²) >= 11 is 6.01. The number of benzene rings is 2. The highest BCUT2D eigenvalue weighted by atomic mass is 35.5. The normalized spacial score (nSPS) is 12.5. The average molecular weight is 457 g/mol. The van der Waals surface area contributed by atoms with E-state index >= 15 is 0 Å². The second kappa shape index (κ2) is 11.5. The summed E-state index contributed by atoms with van der Waals surface area (Å²) in [5.74, 6) is 0.185. The lowest BCUT2D eigenvalue weighted by atomic mass is 9.86. The fourth-order valence-corrected chi connectivity index (χ4v) is 3.51. The molecule has 0 aliphatic rings. The number of carbonyl (C=O) groups excluding carboxylic acids is 2. The lowest BCUT2D eigenvalue weighted by molar-refractivity contribution is -0.140. The Balaban J connectivity index is 2.11. The number of hydrogen-bond donors (Lipinski definition) is 1. The van der Waals surface area contributed by atoms with E-state index in [1.807, 2.05) is 26.0 Å². The number of nitrogens with zero attached hydrogens (tertiary/aromatic N) is 1. The van der Waals surface area contributed by atoms with Crippen molar-refractivity contribution in [2.75, 3.05) is 6.54 Å². The van der Waals surface area contributed by atoms with E-state index in [-0.39, 0.29) is 17.2 Å². The number of hydrogen-bond acceptors (Lipinski definition) is 2. The standard InChI is InChI=1S/C27H37ClN2O2/c1-19(2)17-29-26(32)20(3)30(18-22-9-14-24(28)15-10-22)25(31)16-11-21-7-12-23(13-8-21)27(4,5)6/h7-10,12-15,19-20H,11,16-18H2,1-6H3,(H,29,32)/t20-/m0/s1. The maximum atomic E-state index is 13.2. The molecule has 32 heavy (non-hydrogen) atoms. The second-order valence-corrected chi connectivity index (χ2v) is 10.3. The molecule has 0 heterocycles. The summed E-state index contributed by atoms with van der Waals surface area (Å²) in [5.41, 5.74) is 3.44. The molecule has 0 aliphatic heterocycles. The van der Waals surface area contributed by atoms with Crippen molar-refractivity contribution >= 4 is 23.4 Å². The van der Waals surface area contributed by atoms with E-state index in [0.717, 1.165) is 11.1 Å². The van der Waals surface area contributed by atoms with Crippen LogP contribution in [0, 0.1) is 5.92 Å². The maximum Gasteiger partial charge on any atom is 0.242 e. The minimum Gasteiger partial charge on any atom is -0.354 e. The zero-order chi connectivity index (χ0) is 23.9. The molecule has 0 saturated carbocycles. The molecule has 2 amide bonds. The van der Waals surface area contributed by atoms with Crippen LogP contribution in [-0.2, 0) is 28.0 Å². The van der Waals surface area contributed by atoms with Crippen molar-refractivity contribution in [3.05, 3.63) is 70.2 Å². The van der Waals surface area contributed by atoms with Gasteiger partial charge in [0.25, 0.3) is 0 Å².